The van der Waals surface area contributed by atoms with E-state index in [4.69, 9.17) is 4.74 Å². The molecule has 0 spiro atoms. The number of nitriles is 1. The fraction of sp³-hybridized carbons (Fsp3) is 0.609. The van der Waals surface area contributed by atoms with E-state index in [1.165, 1.54) is 6.42 Å². The van der Waals surface area contributed by atoms with Gasteiger partial charge in [0.25, 0.3) is 5.91 Å². The van der Waals surface area contributed by atoms with E-state index in [1.54, 1.807) is 13.2 Å². The molecule has 7 nitrogen and oxygen atoms in total. The fourth-order valence-corrected chi connectivity index (χ4v) is 4.18. The Morgan fingerprint density at radius 1 is 1.33 bits per heavy atom. The van der Waals surface area contributed by atoms with Crippen LogP contribution >= 0.6 is 0 Å². The molecule has 0 radical (unpaired) electrons. The molecular formula is C23H34N4O3. The average Bonchev–Trinajstić information content (AvgIpc) is 2.99. The molecule has 0 aliphatic heterocycles. The number of aryl methyl sites for hydroxylation is 1. The van der Waals surface area contributed by atoms with Crippen molar-refractivity contribution in [3.63, 3.8) is 0 Å². The Balaban J connectivity index is 1.94. The summed E-state index contributed by atoms with van der Waals surface area (Å²) in [5, 5.41) is 15.2. The highest BCUT2D eigenvalue weighted by Gasteiger charge is 2.17. The lowest BCUT2D eigenvalue weighted by Crippen LogP contribution is -2.38. The number of nitrogens with one attached hydrogen (secondary N) is 2. The molecule has 2 amide bonds. The second-order valence-corrected chi connectivity index (χ2v) is 8.08. The minimum atomic E-state index is -0.460. The molecule has 1 saturated carbocycles. The SMILES string of the molecule is COCC(C)n1c(C)cc(/C=C(\C#N)C(=O)NCCC(=O)NC2CCCCC2)c1C. The van der Waals surface area contributed by atoms with Crippen LogP contribution in [0.3, 0.4) is 0 Å². The van der Waals surface area contributed by atoms with Gasteiger partial charge in [0.05, 0.1) is 12.6 Å². The third-order valence-electron chi connectivity index (χ3n) is 5.64. The molecule has 1 aliphatic rings. The summed E-state index contributed by atoms with van der Waals surface area (Å²) in [6.07, 6.45) is 7.42. The quantitative estimate of drug-likeness (QED) is 0.479. The van der Waals surface area contributed by atoms with Crippen LogP contribution < -0.4 is 10.6 Å². The van der Waals surface area contributed by atoms with E-state index < -0.39 is 5.91 Å². The first-order valence-electron chi connectivity index (χ1n) is 10.7. The monoisotopic (exact) mass is 414 g/mol. The Morgan fingerprint density at radius 3 is 2.67 bits per heavy atom. The van der Waals surface area contributed by atoms with Crippen molar-refractivity contribution in [1.82, 2.24) is 15.2 Å². The standard InChI is InChI=1S/C23H34N4O3/c1-16-12-19(18(3)27(16)17(2)15-30-4)13-20(14-24)23(29)25-11-10-22(28)26-21-8-6-5-7-9-21/h12-13,17,21H,5-11,15H2,1-4H3,(H,25,29)(H,26,28)/b20-13+. The number of ether oxygens (including phenoxy) is 1. The molecule has 1 aromatic heterocycles. The van der Waals surface area contributed by atoms with Gasteiger partial charge in [-0.1, -0.05) is 19.3 Å². The number of rotatable bonds is 9. The Bertz CT molecular complexity index is 813. The van der Waals surface area contributed by atoms with E-state index in [1.807, 2.05) is 26.0 Å². The lowest BCUT2D eigenvalue weighted by atomic mass is 9.95. The third kappa shape index (κ3) is 6.46. The van der Waals surface area contributed by atoms with Crippen molar-refractivity contribution < 1.29 is 14.3 Å². The molecule has 1 unspecified atom stereocenters. The molecule has 30 heavy (non-hydrogen) atoms. The zero-order valence-corrected chi connectivity index (χ0v) is 18.6. The number of aromatic nitrogens is 1. The molecule has 164 valence electrons. The van der Waals surface area contributed by atoms with Crippen molar-refractivity contribution >= 4 is 17.9 Å². The first-order chi connectivity index (χ1) is 14.4. The van der Waals surface area contributed by atoms with Gasteiger partial charge in [-0.15, -0.1) is 0 Å². The van der Waals surface area contributed by atoms with E-state index in [2.05, 4.69) is 22.1 Å². The van der Waals surface area contributed by atoms with Crippen LogP contribution in [-0.4, -0.2) is 42.7 Å². The molecule has 0 bridgehead atoms. The van der Waals surface area contributed by atoms with Crippen molar-refractivity contribution in [3.05, 3.63) is 28.6 Å². The van der Waals surface area contributed by atoms with E-state index in [0.29, 0.717) is 6.61 Å². The van der Waals surface area contributed by atoms with Crippen LogP contribution in [0.1, 0.15) is 68.4 Å². The molecule has 1 atom stereocenters. The highest BCUT2D eigenvalue weighted by Crippen LogP contribution is 2.23. The minimum Gasteiger partial charge on any atom is -0.383 e. The molecule has 1 heterocycles. The summed E-state index contributed by atoms with van der Waals surface area (Å²) in [5.74, 6) is -0.516. The van der Waals surface area contributed by atoms with Crippen LogP contribution in [0, 0.1) is 25.2 Å². The highest BCUT2D eigenvalue weighted by molar-refractivity contribution is 6.02. The Kier molecular flexibility index (Phi) is 9.13. The van der Waals surface area contributed by atoms with Crippen molar-refractivity contribution in [3.8, 4) is 6.07 Å². The molecule has 1 fully saturated rings. The largest absolute Gasteiger partial charge is 0.383 e. The van der Waals surface area contributed by atoms with Gasteiger partial charge in [-0.3, -0.25) is 9.59 Å². The topological polar surface area (TPSA) is 96.2 Å². The molecule has 0 aromatic carbocycles. The number of amides is 2. The van der Waals surface area contributed by atoms with Gasteiger partial charge in [-0.05, 0) is 51.3 Å². The summed E-state index contributed by atoms with van der Waals surface area (Å²) in [6.45, 7) is 6.81. The second kappa shape index (κ2) is 11.6. The third-order valence-corrected chi connectivity index (χ3v) is 5.64. The van der Waals surface area contributed by atoms with Crippen LogP contribution in [0.15, 0.2) is 11.6 Å². The van der Waals surface area contributed by atoms with Crippen molar-refractivity contribution in [1.29, 1.82) is 5.26 Å². The van der Waals surface area contributed by atoms with Gasteiger partial charge in [0.15, 0.2) is 0 Å². The molecule has 0 saturated heterocycles. The van der Waals surface area contributed by atoms with Gasteiger partial charge < -0.3 is 19.9 Å². The summed E-state index contributed by atoms with van der Waals surface area (Å²) in [4.78, 5) is 24.5. The lowest BCUT2D eigenvalue weighted by molar-refractivity contribution is -0.122. The smallest absolute Gasteiger partial charge is 0.261 e. The molecule has 1 aliphatic carbocycles. The first-order valence-corrected chi connectivity index (χ1v) is 10.7. The summed E-state index contributed by atoms with van der Waals surface area (Å²) >= 11 is 0. The van der Waals surface area contributed by atoms with Crippen molar-refractivity contribution in [2.45, 2.75) is 71.4 Å². The van der Waals surface area contributed by atoms with E-state index >= 15 is 0 Å². The molecule has 2 N–H and O–H groups in total. The van der Waals surface area contributed by atoms with Gasteiger partial charge in [0.2, 0.25) is 5.91 Å². The summed E-state index contributed by atoms with van der Waals surface area (Å²) in [5.41, 5.74) is 2.88. The first kappa shape index (κ1) is 23.7. The van der Waals surface area contributed by atoms with Crippen molar-refractivity contribution in [2.75, 3.05) is 20.3 Å². The van der Waals surface area contributed by atoms with E-state index in [0.717, 1.165) is 42.6 Å². The predicted octanol–water partition coefficient (Wildman–Crippen LogP) is 3.17. The molecular weight excluding hydrogens is 380 g/mol. The number of carbonyl (C=O) groups excluding carboxylic acids is 2. The summed E-state index contributed by atoms with van der Waals surface area (Å²) < 4.78 is 7.38. The Hall–Kier alpha value is -2.59. The molecule has 7 heteroatoms. The maximum atomic E-state index is 12.4. The zero-order chi connectivity index (χ0) is 22.1. The summed E-state index contributed by atoms with van der Waals surface area (Å²) in [6, 6.07) is 4.35. The van der Waals surface area contributed by atoms with Gasteiger partial charge in [-0.25, -0.2) is 0 Å². The normalized spacial score (nSPS) is 16.0. The van der Waals surface area contributed by atoms with Crippen LogP contribution in [0.4, 0.5) is 0 Å². The maximum absolute atomic E-state index is 12.4. The molecule has 2 rings (SSSR count). The second-order valence-electron chi connectivity index (χ2n) is 8.08. The van der Waals surface area contributed by atoms with Crippen LogP contribution in [0.25, 0.3) is 6.08 Å². The van der Waals surface area contributed by atoms with E-state index in [-0.39, 0.29) is 36.5 Å². The van der Waals surface area contributed by atoms with Crippen LogP contribution in [0.2, 0.25) is 0 Å². The predicted molar refractivity (Wildman–Crippen MR) is 117 cm³/mol. The lowest BCUT2D eigenvalue weighted by Gasteiger charge is -2.22. The summed E-state index contributed by atoms with van der Waals surface area (Å²) in [7, 11) is 1.67. The van der Waals surface area contributed by atoms with Gasteiger partial charge in [-0.2, -0.15) is 5.26 Å². The maximum Gasteiger partial charge on any atom is 0.261 e. The van der Waals surface area contributed by atoms with Gasteiger partial charge >= 0.3 is 0 Å². The number of methoxy groups -OCH3 is 1. The average molecular weight is 415 g/mol. The Labute approximate surface area is 179 Å². The Morgan fingerprint density at radius 2 is 2.03 bits per heavy atom. The number of hydrogen-bond acceptors (Lipinski definition) is 4. The van der Waals surface area contributed by atoms with Gasteiger partial charge in [0.1, 0.15) is 11.6 Å². The minimum absolute atomic E-state index is 0.0299. The van der Waals surface area contributed by atoms with Gasteiger partial charge in [0, 0.05) is 37.5 Å². The molecule has 1 aromatic rings. The zero-order valence-electron chi connectivity index (χ0n) is 18.6. The fourth-order valence-electron chi connectivity index (χ4n) is 4.18. The van der Waals surface area contributed by atoms with Crippen LogP contribution in [0.5, 0.6) is 0 Å². The van der Waals surface area contributed by atoms with Crippen LogP contribution in [-0.2, 0) is 14.3 Å². The van der Waals surface area contributed by atoms with Crippen molar-refractivity contribution in [2.24, 2.45) is 0 Å². The highest BCUT2D eigenvalue weighted by atomic mass is 16.5. The number of hydrogen-bond donors (Lipinski definition) is 2. The number of carbonyl (C=O) groups is 2. The number of nitrogens with zero attached hydrogens (tertiary/aromatic N) is 2. The van der Waals surface area contributed by atoms with E-state index in [9.17, 15) is 14.9 Å².